The molecule has 30 heavy (non-hydrogen) atoms. The molecule has 0 aliphatic carbocycles. The zero-order chi connectivity index (χ0) is 21.9. The summed E-state index contributed by atoms with van der Waals surface area (Å²) in [6.07, 6.45) is 2.64. The number of rotatable bonds is 6. The number of aryl methyl sites for hydroxylation is 1. The Morgan fingerprint density at radius 3 is 2.43 bits per heavy atom. The highest BCUT2D eigenvalue weighted by molar-refractivity contribution is 7.89. The largest absolute Gasteiger partial charge is 0.495 e. The van der Waals surface area contributed by atoms with Crippen LogP contribution in [0.15, 0.2) is 41.3 Å². The van der Waals surface area contributed by atoms with Crippen LogP contribution < -0.4 is 10.1 Å². The molecule has 1 aliphatic rings. The smallest absolute Gasteiger partial charge is 0.272 e. The third-order valence-electron chi connectivity index (χ3n) is 5.03. The van der Waals surface area contributed by atoms with Crippen LogP contribution in [0, 0.1) is 17.0 Å². The fourth-order valence-electron chi connectivity index (χ4n) is 3.40. The summed E-state index contributed by atoms with van der Waals surface area (Å²) in [5.74, 6) is -0.224. The van der Waals surface area contributed by atoms with Crippen molar-refractivity contribution in [3.63, 3.8) is 0 Å². The van der Waals surface area contributed by atoms with Crippen LogP contribution in [0.2, 0.25) is 0 Å². The van der Waals surface area contributed by atoms with Crippen molar-refractivity contribution in [3.05, 3.63) is 57.6 Å². The second kappa shape index (κ2) is 8.80. The minimum Gasteiger partial charge on any atom is -0.495 e. The topological polar surface area (TPSA) is 119 Å². The number of benzene rings is 2. The Kier molecular flexibility index (Phi) is 6.37. The lowest BCUT2D eigenvalue weighted by Gasteiger charge is -2.26. The molecule has 2 aromatic rings. The summed E-state index contributed by atoms with van der Waals surface area (Å²) in [7, 11) is -2.26. The number of ether oxygens (including phenoxy) is 1. The normalized spacial score (nSPS) is 14.9. The standard InChI is InChI=1S/C20H23N3O6S/c1-14-12-15(6-8-18(14)23(25)26)20(24)21-17-13-16(7-9-19(17)29-2)30(27,28)22-10-4-3-5-11-22/h6-9,12-13H,3-5,10-11H2,1-2H3,(H,21,24). The summed E-state index contributed by atoms with van der Waals surface area (Å²) in [4.78, 5) is 23.2. The van der Waals surface area contributed by atoms with Crippen molar-refractivity contribution in [1.82, 2.24) is 4.31 Å². The predicted molar refractivity (Wildman–Crippen MR) is 111 cm³/mol. The van der Waals surface area contributed by atoms with E-state index in [4.69, 9.17) is 4.74 Å². The maximum atomic E-state index is 12.9. The van der Waals surface area contributed by atoms with E-state index in [1.807, 2.05) is 0 Å². The molecule has 0 radical (unpaired) electrons. The third-order valence-corrected chi connectivity index (χ3v) is 6.92. The molecule has 1 fully saturated rings. The van der Waals surface area contributed by atoms with E-state index in [0.717, 1.165) is 19.3 Å². The van der Waals surface area contributed by atoms with Crippen LogP contribution in [-0.4, -0.2) is 43.8 Å². The van der Waals surface area contributed by atoms with Gasteiger partial charge in [-0.05, 0) is 50.1 Å². The van der Waals surface area contributed by atoms with Gasteiger partial charge in [-0.2, -0.15) is 4.31 Å². The Morgan fingerprint density at radius 2 is 1.83 bits per heavy atom. The number of methoxy groups -OCH3 is 1. The average molecular weight is 433 g/mol. The monoisotopic (exact) mass is 433 g/mol. The summed E-state index contributed by atoms with van der Waals surface area (Å²) in [6, 6.07) is 8.34. The Balaban J connectivity index is 1.90. The highest BCUT2D eigenvalue weighted by atomic mass is 32.2. The number of hydrogen-bond donors (Lipinski definition) is 1. The first-order valence-corrected chi connectivity index (χ1v) is 10.9. The van der Waals surface area contributed by atoms with Gasteiger partial charge in [-0.3, -0.25) is 14.9 Å². The molecule has 3 rings (SSSR count). The molecule has 2 aromatic carbocycles. The third kappa shape index (κ3) is 4.44. The van der Waals surface area contributed by atoms with E-state index in [9.17, 15) is 23.3 Å². The van der Waals surface area contributed by atoms with Crippen molar-refractivity contribution in [1.29, 1.82) is 0 Å². The fourth-order valence-corrected chi connectivity index (χ4v) is 4.94. The number of anilines is 1. The average Bonchev–Trinajstić information content (AvgIpc) is 2.73. The molecule has 0 atom stereocenters. The molecule has 10 heteroatoms. The van der Waals surface area contributed by atoms with Gasteiger partial charge in [0.05, 0.1) is 22.6 Å². The first-order valence-electron chi connectivity index (χ1n) is 9.48. The number of nitrogens with zero attached hydrogens (tertiary/aromatic N) is 2. The van der Waals surface area contributed by atoms with Crippen LogP contribution in [0.5, 0.6) is 5.75 Å². The van der Waals surface area contributed by atoms with Gasteiger partial charge in [0.2, 0.25) is 10.0 Å². The molecule has 1 N–H and O–H groups in total. The Morgan fingerprint density at radius 1 is 1.13 bits per heavy atom. The molecular formula is C20H23N3O6S. The summed E-state index contributed by atoms with van der Waals surface area (Å²) in [6.45, 7) is 2.48. The molecule has 1 aliphatic heterocycles. The SMILES string of the molecule is COc1ccc(S(=O)(=O)N2CCCCC2)cc1NC(=O)c1ccc([N+](=O)[O-])c(C)c1. The summed E-state index contributed by atoms with van der Waals surface area (Å²) < 4.78 is 32.6. The van der Waals surface area contributed by atoms with Crippen molar-refractivity contribution in [3.8, 4) is 5.75 Å². The van der Waals surface area contributed by atoms with Crippen molar-refractivity contribution in [2.24, 2.45) is 0 Å². The highest BCUT2D eigenvalue weighted by Gasteiger charge is 2.27. The minimum atomic E-state index is -3.68. The minimum absolute atomic E-state index is 0.0698. The number of carbonyl (C=O) groups excluding carboxylic acids is 1. The zero-order valence-electron chi connectivity index (χ0n) is 16.8. The van der Waals surface area contributed by atoms with Crippen molar-refractivity contribution < 1.29 is 22.9 Å². The van der Waals surface area contributed by atoms with Crippen LogP contribution >= 0.6 is 0 Å². The number of nitro groups is 1. The van der Waals surface area contributed by atoms with Crippen molar-refractivity contribution >= 4 is 27.3 Å². The number of carbonyl (C=O) groups is 1. The number of hydrogen-bond acceptors (Lipinski definition) is 6. The zero-order valence-corrected chi connectivity index (χ0v) is 17.6. The molecule has 1 amide bonds. The maximum absolute atomic E-state index is 12.9. The molecule has 0 spiro atoms. The first kappa shape index (κ1) is 21.7. The molecule has 9 nitrogen and oxygen atoms in total. The van der Waals surface area contributed by atoms with Crippen molar-refractivity contribution in [2.75, 3.05) is 25.5 Å². The molecule has 1 heterocycles. The second-order valence-corrected chi connectivity index (χ2v) is 8.98. The quantitative estimate of drug-likeness (QED) is 0.551. The second-order valence-electron chi connectivity index (χ2n) is 7.04. The Bertz CT molecular complexity index is 1080. The number of sulfonamides is 1. The molecule has 160 valence electrons. The first-order chi connectivity index (χ1) is 14.2. The lowest BCUT2D eigenvalue weighted by molar-refractivity contribution is -0.385. The predicted octanol–water partition coefficient (Wildman–Crippen LogP) is 3.34. The lowest BCUT2D eigenvalue weighted by atomic mass is 10.1. The number of piperidine rings is 1. The summed E-state index contributed by atoms with van der Waals surface area (Å²) in [5.41, 5.74) is 0.681. The van der Waals surface area contributed by atoms with Crippen LogP contribution in [0.1, 0.15) is 35.2 Å². The number of nitro benzene ring substituents is 1. The van der Waals surface area contributed by atoms with Gasteiger partial charge in [-0.1, -0.05) is 6.42 Å². The van der Waals surface area contributed by atoms with Gasteiger partial charge in [0, 0.05) is 30.3 Å². The van der Waals surface area contributed by atoms with E-state index < -0.39 is 20.9 Å². The van der Waals surface area contributed by atoms with E-state index in [1.54, 1.807) is 6.92 Å². The number of amides is 1. The molecule has 0 aromatic heterocycles. The molecule has 0 unspecified atom stereocenters. The van der Waals surface area contributed by atoms with E-state index in [-0.39, 0.29) is 21.8 Å². The highest BCUT2D eigenvalue weighted by Crippen LogP contribution is 2.30. The summed E-state index contributed by atoms with van der Waals surface area (Å²) in [5, 5.41) is 13.6. The van der Waals surface area contributed by atoms with Crippen molar-refractivity contribution in [2.45, 2.75) is 31.1 Å². The van der Waals surface area contributed by atoms with E-state index in [0.29, 0.717) is 24.4 Å². The van der Waals surface area contributed by atoms with Gasteiger partial charge in [-0.15, -0.1) is 0 Å². The molecule has 0 bridgehead atoms. The van der Waals surface area contributed by atoms with Gasteiger partial charge in [-0.25, -0.2) is 8.42 Å². The molecule has 0 saturated carbocycles. The number of nitrogens with one attached hydrogen (secondary N) is 1. The lowest BCUT2D eigenvalue weighted by Crippen LogP contribution is -2.35. The van der Waals surface area contributed by atoms with Crippen LogP contribution in [0.25, 0.3) is 0 Å². The maximum Gasteiger partial charge on any atom is 0.272 e. The molecular weight excluding hydrogens is 410 g/mol. The summed E-state index contributed by atoms with van der Waals surface area (Å²) >= 11 is 0. The van der Waals surface area contributed by atoms with Gasteiger partial charge < -0.3 is 10.1 Å². The van der Waals surface area contributed by atoms with Gasteiger partial charge >= 0.3 is 0 Å². The van der Waals surface area contributed by atoms with Crippen LogP contribution in [0.4, 0.5) is 11.4 Å². The van der Waals surface area contributed by atoms with Gasteiger partial charge in [0.25, 0.3) is 11.6 Å². The van der Waals surface area contributed by atoms with Crippen LogP contribution in [-0.2, 0) is 10.0 Å². The van der Waals surface area contributed by atoms with E-state index in [1.165, 1.54) is 47.8 Å². The van der Waals surface area contributed by atoms with E-state index in [2.05, 4.69) is 5.32 Å². The Labute approximate surface area is 174 Å². The van der Waals surface area contributed by atoms with Crippen LogP contribution in [0.3, 0.4) is 0 Å². The van der Waals surface area contributed by atoms with Gasteiger partial charge in [0.15, 0.2) is 0 Å². The fraction of sp³-hybridized carbons (Fsp3) is 0.350. The van der Waals surface area contributed by atoms with E-state index >= 15 is 0 Å². The Hall–Kier alpha value is -2.98. The van der Waals surface area contributed by atoms with Gasteiger partial charge in [0.1, 0.15) is 5.75 Å². The molecule has 1 saturated heterocycles.